The molecule has 0 saturated carbocycles. The number of aliphatic carboxylic acids is 1. The molecule has 0 aromatic heterocycles. The largest absolute Gasteiger partial charge is 0.480 e. The lowest BCUT2D eigenvalue weighted by Crippen LogP contribution is -2.44. The van der Waals surface area contributed by atoms with E-state index in [4.69, 9.17) is 14.6 Å². The molecule has 2 N–H and O–H groups in total. The Hall–Kier alpha value is -2.86. The van der Waals surface area contributed by atoms with Gasteiger partial charge in [0.2, 0.25) is 0 Å². The number of carbonyl (C=O) groups excluding carboxylic acids is 1. The molecule has 25 heavy (non-hydrogen) atoms. The van der Waals surface area contributed by atoms with Crippen LogP contribution < -0.4 is 5.32 Å². The first kappa shape index (κ1) is 17.0. The number of benzene rings is 2. The summed E-state index contributed by atoms with van der Waals surface area (Å²) in [5.41, 5.74) is 4.47. The van der Waals surface area contributed by atoms with E-state index >= 15 is 0 Å². The van der Waals surface area contributed by atoms with Gasteiger partial charge in [-0.05, 0) is 22.3 Å². The van der Waals surface area contributed by atoms with Crippen LogP contribution in [0.3, 0.4) is 0 Å². The molecule has 130 valence electrons. The second-order valence-corrected chi connectivity index (χ2v) is 5.82. The van der Waals surface area contributed by atoms with Crippen molar-refractivity contribution < 1.29 is 24.2 Å². The van der Waals surface area contributed by atoms with Gasteiger partial charge in [-0.1, -0.05) is 48.5 Å². The van der Waals surface area contributed by atoms with Crippen molar-refractivity contribution in [3.05, 3.63) is 59.7 Å². The van der Waals surface area contributed by atoms with E-state index in [1.807, 2.05) is 48.5 Å². The van der Waals surface area contributed by atoms with Gasteiger partial charge in [-0.3, -0.25) is 0 Å². The van der Waals surface area contributed by atoms with Crippen molar-refractivity contribution in [2.24, 2.45) is 0 Å². The van der Waals surface area contributed by atoms with E-state index in [2.05, 4.69) is 5.32 Å². The Kier molecular flexibility index (Phi) is 5.00. The topological polar surface area (TPSA) is 84.9 Å². The minimum Gasteiger partial charge on any atom is -0.480 e. The molecule has 0 fully saturated rings. The van der Waals surface area contributed by atoms with Gasteiger partial charge in [0.15, 0.2) is 6.04 Å². The summed E-state index contributed by atoms with van der Waals surface area (Å²) in [5.74, 6) is -1.24. The Balaban J connectivity index is 1.71. The van der Waals surface area contributed by atoms with Gasteiger partial charge in [0.05, 0.1) is 6.61 Å². The molecule has 0 bridgehead atoms. The van der Waals surface area contributed by atoms with Crippen molar-refractivity contribution in [2.45, 2.75) is 12.0 Å². The van der Waals surface area contributed by atoms with E-state index in [1.165, 1.54) is 7.11 Å². The highest BCUT2D eigenvalue weighted by Crippen LogP contribution is 2.44. The van der Waals surface area contributed by atoms with Crippen LogP contribution in [0.2, 0.25) is 0 Å². The standard InChI is InChI=1S/C19H19NO5/c1-24-11-17(18(21)22)20-19(23)25-10-16-14-8-4-2-6-12(14)13-7-3-5-9-15(13)16/h2-9,16-17H,10-11H2,1H3,(H,20,23)(H,21,22)/t17-/m0/s1. The van der Waals surface area contributed by atoms with Crippen LogP contribution >= 0.6 is 0 Å². The molecule has 0 radical (unpaired) electrons. The van der Waals surface area contributed by atoms with Crippen molar-refractivity contribution >= 4 is 12.1 Å². The fourth-order valence-corrected chi connectivity index (χ4v) is 3.12. The maximum absolute atomic E-state index is 12.0. The summed E-state index contributed by atoms with van der Waals surface area (Å²) in [7, 11) is 1.37. The van der Waals surface area contributed by atoms with Crippen molar-refractivity contribution in [1.82, 2.24) is 5.32 Å². The van der Waals surface area contributed by atoms with Crippen LogP contribution in [0.25, 0.3) is 11.1 Å². The third kappa shape index (κ3) is 3.49. The van der Waals surface area contributed by atoms with Gasteiger partial charge < -0.3 is 19.9 Å². The zero-order valence-electron chi connectivity index (χ0n) is 13.8. The number of carboxylic acids is 1. The van der Waals surface area contributed by atoms with Crippen molar-refractivity contribution in [1.29, 1.82) is 0 Å². The van der Waals surface area contributed by atoms with Gasteiger partial charge >= 0.3 is 12.1 Å². The molecule has 0 heterocycles. The fraction of sp³-hybridized carbons (Fsp3) is 0.263. The molecule has 2 aromatic carbocycles. The normalized spacial score (nSPS) is 13.6. The number of rotatable bonds is 6. The highest BCUT2D eigenvalue weighted by atomic mass is 16.5. The number of ether oxygens (including phenoxy) is 2. The molecule has 6 heteroatoms. The van der Waals surface area contributed by atoms with E-state index in [1.54, 1.807) is 0 Å². The second-order valence-electron chi connectivity index (χ2n) is 5.82. The van der Waals surface area contributed by atoms with Crippen LogP contribution in [-0.2, 0) is 14.3 Å². The van der Waals surface area contributed by atoms with E-state index < -0.39 is 18.1 Å². The van der Waals surface area contributed by atoms with Crippen LogP contribution in [-0.4, -0.2) is 43.5 Å². The summed E-state index contributed by atoms with van der Waals surface area (Å²) in [6.07, 6.45) is -0.772. The molecule has 2 aromatic rings. The molecule has 1 aliphatic carbocycles. The zero-order valence-corrected chi connectivity index (χ0v) is 13.8. The van der Waals surface area contributed by atoms with Crippen LogP contribution in [0.4, 0.5) is 4.79 Å². The molecule has 0 aliphatic heterocycles. The Morgan fingerprint density at radius 1 is 1.08 bits per heavy atom. The predicted octanol–water partition coefficient (Wildman–Crippen LogP) is 2.62. The minimum atomic E-state index is -1.17. The quantitative estimate of drug-likeness (QED) is 0.844. The van der Waals surface area contributed by atoms with Crippen molar-refractivity contribution in [3.63, 3.8) is 0 Å². The van der Waals surface area contributed by atoms with Gasteiger partial charge in [-0.15, -0.1) is 0 Å². The average Bonchev–Trinajstić information content (AvgIpc) is 2.93. The number of carbonyl (C=O) groups is 2. The second kappa shape index (κ2) is 7.36. The molecule has 0 spiro atoms. The maximum atomic E-state index is 12.0. The number of fused-ring (bicyclic) bond motifs is 3. The van der Waals surface area contributed by atoms with Crippen molar-refractivity contribution in [2.75, 3.05) is 20.3 Å². The number of amides is 1. The van der Waals surface area contributed by atoms with Gasteiger partial charge in [0.25, 0.3) is 0 Å². The molecular weight excluding hydrogens is 322 g/mol. The number of hydrogen-bond donors (Lipinski definition) is 2. The molecule has 0 unspecified atom stereocenters. The summed E-state index contributed by atoms with van der Waals surface area (Å²) >= 11 is 0. The number of methoxy groups -OCH3 is 1. The lowest BCUT2D eigenvalue weighted by Gasteiger charge is -2.17. The fourth-order valence-electron chi connectivity index (χ4n) is 3.12. The number of carboxylic acid groups (broad SMARTS) is 1. The zero-order chi connectivity index (χ0) is 17.8. The SMILES string of the molecule is COC[C@H](NC(=O)OCC1c2ccccc2-c2ccccc21)C(=O)O. The third-order valence-corrected chi connectivity index (χ3v) is 4.27. The van der Waals surface area contributed by atoms with Crippen molar-refractivity contribution in [3.8, 4) is 11.1 Å². The number of hydrogen-bond acceptors (Lipinski definition) is 4. The predicted molar refractivity (Wildman–Crippen MR) is 91.5 cm³/mol. The Morgan fingerprint density at radius 2 is 1.64 bits per heavy atom. The summed E-state index contributed by atoms with van der Waals surface area (Å²) < 4.78 is 10.1. The molecule has 1 aliphatic rings. The smallest absolute Gasteiger partial charge is 0.407 e. The summed E-state index contributed by atoms with van der Waals surface area (Å²) in [4.78, 5) is 23.0. The molecule has 1 atom stereocenters. The number of nitrogens with one attached hydrogen (secondary N) is 1. The van der Waals surface area contributed by atoms with Gasteiger partial charge in [-0.25, -0.2) is 9.59 Å². The van der Waals surface area contributed by atoms with Crippen LogP contribution in [0.5, 0.6) is 0 Å². The van der Waals surface area contributed by atoms with E-state index in [-0.39, 0.29) is 19.1 Å². The highest BCUT2D eigenvalue weighted by Gasteiger charge is 2.29. The van der Waals surface area contributed by atoms with E-state index in [9.17, 15) is 9.59 Å². The minimum absolute atomic E-state index is 0.0659. The van der Waals surface area contributed by atoms with Crippen LogP contribution in [0.1, 0.15) is 17.0 Å². The summed E-state index contributed by atoms with van der Waals surface area (Å²) in [5, 5.41) is 11.3. The monoisotopic (exact) mass is 341 g/mol. The Morgan fingerprint density at radius 3 is 2.16 bits per heavy atom. The average molecular weight is 341 g/mol. The molecule has 6 nitrogen and oxygen atoms in total. The Bertz CT molecular complexity index is 743. The molecular formula is C19H19NO5. The summed E-state index contributed by atoms with van der Waals surface area (Å²) in [6.45, 7) is 0.0126. The number of alkyl carbamates (subject to hydrolysis) is 1. The third-order valence-electron chi connectivity index (χ3n) is 4.27. The highest BCUT2D eigenvalue weighted by molar-refractivity contribution is 5.81. The molecule has 1 amide bonds. The van der Waals surface area contributed by atoms with Gasteiger partial charge in [0.1, 0.15) is 6.61 Å². The maximum Gasteiger partial charge on any atom is 0.407 e. The lowest BCUT2D eigenvalue weighted by atomic mass is 9.98. The van der Waals surface area contributed by atoms with Crippen LogP contribution in [0, 0.1) is 0 Å². The summed E-state index contributed by atoms with van der Waals surface area (Å²) in [6, 6.07) is 14.9. The first-order valence-electron chi connectivity index (χ1n) is 7.95. The van der Waals surface area contributed by atoms with Gasteiger partial charge in [-0.2, -0.15) is 0 Å². The van der Waals surface area contributed by atoms with Crippen LogP contribution in [0.15, 0.2) is 48.5 Å². The first-order valence-corrected chi connectivity index (χ1v) is 7.95. The lowest BCUT2D eigenvalue weighted by molar-refractivity contribution is -0.140. The van der Waals surface area contributed by atoms with E-state index in [0.29, 0.717) is 0 Å². The molecule has 3 rings (SSSR count). The van der Waals surface area contributed by atoms with Gasteiger partial charge in [0, 0.05) is 13.0 Å². The Labute approximate surface area is 145 Å². The first-order chi connectivity index (χ1) is 12.1. The molecule has 0 saturated heterocycles. The van der Waals surface area contributed by atoms with E-state index in [0.717, 1.165) is 22.3 Å².